The molecule has 132 valence electrons. The summed E-state index contributed by atoms with van der Waals surface area (Å²) in [6.07, 6.45) is 7.64. The first-order valence-electron chi connectivity index (χ1n) is 8.96. The van der Waals surface area contributed by atoms with Crippen molar-refractivity contribution in [3.8, 4) is 11.1 Å². The van der Waals surface area contributed by atoms with Gasteiger partial charge in [0.1, 0.15) is 12.0 Å². The average molecular weight is 349 g/mol. The molecule has 0 amide bonds. The van der Waals surface area contributed by atoms with Gasteiger partial charge in [0.15, 0.2) is 0 Å². The summed E-state index contributed by atoms with van der Waals surface area (Å²) in [4.78, 5) is 13.1. The number of rotatable bonds is 3. The summed E-state index contributed by atoms with van der Waals surface area (Å²) < 4.78 is 15.6. The third kappa shape index (κ3) is 2.71. The number of nitrogens with zero attached hydrogens (tertiary/aromatic N) is 5. The molecule has 3 aromatic rings. The Labute approximate surface area is 151 Å². The van der Waals surface area contributed by atoms with E-state index in [1.165, 1.54) is 11.3 Å². The molecular weight excluding hydrogens is 329 g/mol. The Bertz CT molecular complexity index is 882. The third-order valence-electron chi connectivity index (χ3n) is 5.21. The molecule has 0 aromatic carbocycles. The van der Waals surface area contributed by atoms with Gasteiger partial charge in [0, 0.05) is 42.0 Å². The van der Waals surface area contributed by atoms with E-state index < -0.39 is 6.17 Å². The molecule has 2 aliphatic heterocycles. The van der Waals surface area contributed by atoms with Crippen LogP contribution in [0.5, 0.6) is 0 Å². The van der Waals surface area contributed by atoms with Crippen LogP contribution in [-0.2, 0) is 13.2 Å². The van der Waals surface area contributed by atoms with Crippen molar-refractivity contribution in [2.45, 2.75) is 25.8 Å². The minimum Gasteiger partial charge on any atom is -0.354 e. The van der Waals surface area contributed by atoms with E-state index in [1.54, 1.807) is 6.20 Å². The van der Waals surface area contributed by atoms with Crippen LogP contribution in [0.4, 0.5) is 15.9 Å². The predicted molar refractivity (Wildman–Crippen MR) is 99.8 cm³/mol. The zero-order chi connectivity index (χ0) is 17.5. The van der Waals surface area contributed by atoms with E-state index in [4.69, 9.17) is 0 Å². The maximum atomic E-state index is 13.4. The van der Waals surface area contributed by atoms with E-state index in [0.29, 0.717) is 13.0 Å². The van der Waals surface area contributed by atoms with Crippen LogP contribution < -0.4 is 9.80 Å². The topological polar surface area (TPSA) is 37.2 Å². The molecule has 1 saturated heterocycles. The molecule has 0 aliphatic carbocycles. The van der Waals surface area contributed by atoms with Crippen molar-refractivity contribution in [1.82, 2.24) is 14.5 Å². The highest BCUT2D eigenvalue weighted by molar-refractivity contribution is 5.65. The molecule has 2 aliphatic rings. The number of alkyl halides is 1. The standard InChI is InChI=1S/C20H20FN5/c21-17-5-7-24(12-17)20-4-3-15(9-23-20)16-8-19-13-26(14-25(19)11-16)18-2-1-6-22-10-18/h1-4,6,8-11,17H,5,7,12-14H2. The molecular formula is C20H20FN5. The maximum Gasteiger partial charge on any atom is 0.128 e. The maximum absolute atomic E-state index is 13.4. The van der Waals surface area contributed by atoms with Crippen molar-refractivity contribution in [1.29, 1.82) is 0 Å². The van der Waals surface area contributed by atoms with E-state index in [9.17, 15) is 4.39 Å². The van der Waals surface area contributed by atoms with Crippen molar-refractivity contribution < 1.29 is 4.39 Å². The lowest BCUT2D eigenvalue weighted by molar-refractivity contribution is 0.364. The number of pyridine rings is 2. The molecule has 5 rings (SSSR count). The lowest BCUT2D eigenvalue weighted by Crippen LogP contribution is -2.20. The van der Waals surface area contributed by atoms with Crippen LogP contribution >= 0.6 is 0 Å². The summed E-state index contributed by atoms with van der Waals surface area (Å²) in [5.74, 6) is 0.864. The number of aromatic nitrogens is 3. The van der Waals surface area contributed by atoms with Crippen LogP contribution in [0, 0.1) is 0 Å². The highest BCUT2D eigenvalue weighted by Gasteiger charge is 2.23. The molecule has 0 N–H and O–H groups in total. The van der Waals surface area contributed by atoms with Gasteiger partial charge in [-0.05, 0) is 36.8 Å². The van der Waals surface area contributed by atoms with E-state index >= 15 is 0 Å². The van der Waals surface area contributed by atoms with Crippen molar-refractivity contribution in [2.24, 2.45) is 0 Å². The van der Waals surface area contributed by atoms with Gasteiger partial charge in [-0.2, -0.15) is 0 Å². The van der Waals surface area contributed by atoms with Gasteiger partial charge in [0.25, 0.3) is 0 Å². The molecule has 0 bridgehead atoms. The summed E-state index contributed by atoms with van der Waals surface area (Å²) in [5, 5.41) is 0. The minimum absolute atomic E-state index is 0.455. The molecule has 3 aromatic heterocycles. The van der Waals surface area contributed by atoms with Gasteiger partial charge < -0.3 is 14.4 Å². The summed E-state index contributed by atoms with van der Waals surface area (Å²) in [6, 6.07) is 10.4. The first kappa shape index (κ1) is 15.4. The Balaban J connectivity index is 1.32. The van der Waals surface area contributed by atoms with E-state index in [-0.39, 0.29) is 0 Å². The van der Waals surface area contributed by atoms with Crippen molar-refractivity contribution in [2.75, 3.05) is 22.9 Å². The van der Waals surface area contributed by atoms with E-state index in [2.05, 4.69) is 43.8 Å². The molecule has 1 unspecified atom stereocenters. The van der Waals surface area contributed by atoms with Crippen molar-refractivity contribution in [3.63, 3.8) is 0 Å². The zero-order valence-electron chi connectivity index (χ0n) is 14.4. The first-order valence-corrected chi connectivity index (χ1v) is 8.96. The van der Waals surface area contributed by atoms with Gasteiger partial charge in [-0.15, -0.1) is 0 Å². The molecule has 5 heterocycles. The fourth-order valence-corrected chi connectivity index (χ4v) is 3.79. The Morgan fingerprint density at radius 1 is 1.08 bits per heavy atom. The largest absolute Gasteiger partial charge is 0.354 e. The van der Waals surface area contributed by atoms with Crippen LogP contribution in [0.25, 0.3) is 11.1 Å². The van der Waals surface area contributed by atoms with Gasteiger partial charge in [0.05, 0.1) is 31.6 Å². The zero-order valence-corrected chi connectivity index (χ0v) is 14.4. The molecule has 0 saturated carbocycles. The second-order valence-electron chi connectivity index (χ2n) is 6.98. The third-order valence-corrected chi connectivity index (χ3v) is 5.21. The quantitative estimate of drug-likeness (QED) is 0.726. The van der Waals surface area contributed by atoms with Crippen LogP contribution in [0.1, 0.15) is 12.1 Å². The number of anilines is 2. The molecule has 1 atom stereocenters. The van der Waals surface area contributed by atoms with Gasteiger partial charge in [0.2, 0.25) is 0 Å². The summed E-state index contributed by atoms with van der Waals surface area (Å²) >= 11 is 0. The summed E-state index contributed by atoms with van der Waals surface area (Å²) in [5.41, 5.74) is 4.70. The second kappa shape index (κ2) is 6.12. The lowest BCUT2D eigenvalue weighted by atomic mass is 10.1. The lowest BCUT2D eigenvalue weighted by Gasteiger charge is -2.17. The predicted octanol–water partition coefficient (Wildman–Crippen LogP) is 3.47. The average Bonchev–Trinajstić information content (AvgIpc) is 3.37. The number of fused-ring (bicyclic) bond motifs is 1. The molecule has 0 radical (unpaired) electrons. The Kier molecular flexibility index (Phi) is 3.62. The molecule has 26 heavy (non-hydrogen) atoms. The molecule has 5 nitrogen and oxygen atoms in total. The molecule has 1 fully saturated rings. The Morgan fingerprint density at radius 2 is 2.04 bits per heavy atom. The van der Waals surface area contributed by atoms with E-state index in [0.717, 1.165) is 36.8 Å². The smallest absolute Gasteiger partial charge is 0.128 e. The Morgan fingerprint density at radius 3 is 2.73 bits per heavy atom. The van der Waals surface area contributed by atoms with Crippen molar-refractivity contribution in [3.05, 3.63) is 60.8 Å². The minimum atomic E-state index is -0.728. The van der Waals surface area contributed by atoms with Crippen LogP contribution in [0.15, 0.2) is 55.1 Å². The fraction of sp³-hybridized carbons (Fsp3) is 0.300. The number of halogens is 1. The number of hydrogen-bond acceptors (Lipinski definition) is 4. The van der Waals surface area contributed by atoms with Crippen molar-refractivity contribution >= 4 is 11.5 Å². The van der Waals surface area contributed by atoms with Gasteiger partial charge in [-0.25, -0.2) is 9.37 Å². The highest BCUT2D eigenvalue weighted by atomic mass is 19.1. The van der Waals surface area contributed by atoms with Crippen LogP contribution in [0.2, 0.25) is 0 Å². The fourth-order valence-electron chi connectivity index (χ4n) is 3.79. The normalized spacial score (nSPS) is 19.2. The monoisotopic (exact) mass is 349 g/mol. The van der Waals surface area contributed by atoms with Crippen LogP contribution in [-0.4, -0.2) is 33.8 Å². The van der Waals surface area contributed by atoms with E-state index in [1.807, 2.05) is 29.4 Å². The van der Waals surface area contributed by atoms with Gasteiger partial charge in [-0.1, -0.05) is 0 Å². The SMILES string of the molecule is FC1CCN(c2ccc(-c3cc4n(c3)CN(c3cccnc3)C4)cn2)C1. The van der Waals surface area contributed by atoms with Gasteiger partial charge in [-0.3, -0.25) is 4.98 Å². The highest BCUT2D eigenvalue weighted by Crippen LogP contribution is 2.30. The summed E-state index contributed by atoms with van der Waals surface area (Å²) in [6.45, 7) is 2.91. The van der Waals surface area contributed by atoms with Gasteiger partial charge >= 0.3 is 0 Å². The second-order valence-corrected chi connectivity index (χ2v) is 6.98. The molecule has 6 heteroatoms. The first-order chi connectivity index (χ1) is 12.8. The molecule has 0 spiro atoms. The Hall–Kier alpha value is -2.89. The van der Waals surface area contributed by atoms with Crippen LogP contribution in [0.3, 0.4) is 0 Å². The summed E-state index contributed by atoms with van der Waals surface area (Å²) in [7, 11) is 0. The number of hydrogen-bond donors (Lipinski definition) is 0.